The van der Waals surface area contributed by atoms with Crippen LogP contribution in [-0.2, 0) is 4.79 Å². The zero-order valence-electron chi connectivity index (χ0n) is 14.1. The highest BCUT2D eigenvalue weighted by molar-refractivity contribution is 5.32. The summed E-state index contributed by atoms with van der Waals surface area (Å²) in [6, 6.07) is 0. The van der Waals surface area contributed by atoms with Gasteiger partial charge in [-0.15, -0.1) is 0 Å². The Bertz CT molecular complexity index is 267. The lowest BCUT2D eigenvalue weighted by Gasteiger charge is -1.99. The van der Waals surface area contributed by atoms with Crippen molar-refractivity contribution >= 4 is 6.08 Å². The molecule has 0 radical (unpaired) electrons. The molecule has 0 saturated carbocycles. The molecule has 0 heterocycles. The van der Waals surface area contributed by atoms with Crippen LogP contribution in [0.5, 0.6) is 0 Å². The van der Waals surface area contributed by atoms with Crippen molar-refractivity contribution in [3.63, 3.8) is 0 Å². The number of rotatable bonds is 16. The monoisotopic (exact) mass is 293 g/mol. The summed E-state index contributed by atoms with van der Waals surface area (Å²) in [5.74, 6) is 0. The molecule has 0 aromatic heterocycles. The molecule has 0 aromatic carbocycles. The molecule has 0 aliphatic carbocycles. The Balaban J connectivity index is 3.06. The van der Waals surface area contributed by atoms with Gasteiger partial charge in [-0.05, 0) is 32.1 Å². The van der Waals surface area contributed by atoms with E-state index in [0.717, 1.165) is 6.42 Å². The van der Waals surface area contributed by atoms with Crippen molar-refractivity contribution in [1.82, 2.24) is 0 Å². The van der Waals surface area contributed by atoms with E-state index in [1.807, 2.05) is 0 Å². The van der Waals surface area contributed by atoms with E-state index in [1.54, 1.807) is 6.08 Å². The number of isocyanates is 1. The predicted molar refractivity (Wildman–Crippen MR) is 92.4 cm³/mol. The van der Waals surface area contributed by atoms with Crippen LogP contribution in [0.15, 0.2) is 17.1 Å². The highest BCUT2D eigenvalue weighted by Gasteiger charge is 1.91. The van der Waals surface area contributed by atoms with E-state index >= 15 is 0 Å². The zero-order valence-corrected chi connectivity index (χ0v) is 14.1. The van der Waals surface area contributed by atoms with Crippen molar-refractivity contribution in [2.75, 3.05) is 6.54 Å². The van der Waals surface area contributed by atoms with E-state index in [4.69, 9.17) is 0 Å². The first-order valence-corrected chi connectivity index (χ1v) is 9.10. The first kappa shape index (κ1) is 20.1. The van der Waals surface area contributed by atoms with Crippen molar-refractivity contribution in [1.29, 1.82) is 0 Å². The standard InChI is InChI=1S/C19H35NO/c1-2-3-4-5-6-7-8-9-10-11-12-13-14-15-16-17-18-20-19-21/h9-10H,2-8,11-18H2,1H3. The Morgan fingerprint density at radius 1 is 0.714 bits per heavy atom. The maximum Gasteiger partial charge on any atom is 0.234 e. The van der Waals surface area contributed by atoms with Gasteiger partial charge in [0.1, 0.15) is 0 Å². The van der Waals surface area contributed by atoms with Gasteiger partial charge in [0.15, 0.2) is 0 Å². The summed E-state index contributed by atoms with van der Waals surface area (Å²) < 4.78 is 0. The summed E-state index contributed by atoms with van der Waals surface area (Å²) in [6.07, 6.45) is 24.6. The fourth-order valence-electron chi connectivity index (χ4n) is 2.48. The van der Waals surface area contributed by atoms with E-state index in [1.165, 1.54) is 83.5 Å². The molecule has 0 N–H and O–H groups in total. The predicted octanol–water partition coefficient (Wildman–Crippen LogP) is 6.36. The SMILES string of the molecule is CCCCCCCCC=CCCCCCCCCN=C=O. The van der Waals surface area contributed by atoms with Crippen LogP contribution in [0, 0.1) is 0 Å². The summed E-state index contributed by atoms with van der Waals surface area (Å²) in [5, 5.41) is 0. The van der Waals surface area contributed by atoms with Crippen LogP contribution in [0.3, 0.4) is 0 Å². The molecule has 0 rings (SSSR count). The summed E-state index contributed by atoms with van der Waals surface area (Å²) in [4.78, 5) is 13.4. The van der Waals surface area contributed by atoms with Gasteiger partial charge in [0.2, 0.25) is 6.08 Å². The number of aliphatic imine (C=N–C) groups is 1. The van der Waals surface area contributed by atoms with Crippen molar-refractivity contribution in [2.45, 2.75) is 96.8 Å². The van der Waals surface area contributed by atoms with Crippen molar-refractivity contribution < 1.29 is 4.79 Å². The first-order valence-electron chi connectivity index (χ1n) is 9.10. The molecule has 0 atom stereocenters. The summed E-state index contributed by atoms with van der Waals surface area (Å²) in [7, 11) is 0. The fourth-order valence-corrected chi connectivity index (χ4v) is 2.48. The van der Waals surface area contributed by atoms with Gasteiger partial charge in [-0.25, -0.2) is 9.79 Å². The van der Waals surface area contributed by atoms with E-state index in [2.05, 4.69) is 24.1 Å². The number of nitrogens with zero attached hydrogens (tertiary/aromatic N) is 1. The van der Waals surface area contributed by atoms with E-state index < -0.39 is 0 Å². The summed E-state index contributed by atoms with van der Waals surface area (Å²) in [6.45, 7) is 2.93. The molecule has 0 aromatic rings. The van der Waals surface area contributed by atoms with Crippen LogP contribution in [0.1, 0.15) is 96.8 Å². The highest BCUT2D eigenvalue weighted by Crippen LogP contribution is 2.09. The first-order chi connectivity index (χ1) is 10.4. The molecule has 0 saturated heterocycles. The lowest BCUT2D eigenvalue weighted by molar-refractivity contribution is 0.559. The van der Waals surface area contributed by atoms with Crippen LogP contribution in [0.25, 0.3) is 0 Å². The maximum atomic E-state index is 9.87. The minimum atomic E-state index is 0.657. The van der Waals surface area contributed by atoms with Crippen molar-refractivity contribution in [2.24, 2.45) is 4.99 Å². The molecule has 2 heteroatoms. The van der Waals surface area contributed by atoms with Gasteiger partial charge in [0.25, 0.3) is 0 Å². The van der Waals surface area contributed by atoms with E-state index in [-0.39, 0.29) is 0 Å². The Morgan fingerprint density at radius 3 is 1.71 bits per heavy atom. The lowest BCUT2D eigenvalue weighted by atomic mass is 10.1. The normalized spacial score (nSPS) is 10.9. The minimum Gasteiger partial charge on any atom is -0.211 e. The molecule has 2 nitrogen and oxygen atoms in total. The number of unbranched alkanes of at least 4 members (excludes halogenated alkanes) is 12. The molecule has 0 amide bonds. The zero-order chi connectivity index (χ0) is 15.4. The molecular formula is C19H35NO. The molecular weight excluding hydrogens is 258 g/mol. The average molecular weight is 293 g/mol. The second-order valence-electron chi connectivity index (χ2n) is 5.91. The van der Waals surface area contributed by atoms with Gasteiger partial charge in [0.05, 0.1) is 6.54 Å². The quantitative estimate of drug-likeness (QED) is 0.141. The Kier molecular flexibility index (Phi) is 18.3. The van der Waals surface area contributed by atoms with Crippen molar-refractivity contribution in [3.05, 3.63) is 12.2 Å². The molecule has 21 heavy (non-hydrogen) atoms. The number of carbonyl (C=O) groups excluding carboxylic acids is 1. The molecule has 0 unspecified atom stereocenters. The lowest BCUT2D eigenvalue weighted by Crippen LogP contribution is -1.83. The van der Waals surface area contributed by atoms with E-state index in [0.29, 0.717) is 6.54 Å². The molecule has 0 fully saturated rings. The maximum absolute atomic E-state index is 9.87. The smallest absolute Gasteiger partial charge is 0.211 e. The third-order valence-corrected chi connectivity index (χ3v) is 3.85. The molecule has 0 aliphatic rings. The second kappa shape index (κ2) is 19.1. The molecule has 0 spiro atoms. The topological polar surface area (TPSA) is 29.4 Å². The number of hydrogen-bond acceptors (Lipinski definition) is 2. The van der Waals surface area contributed by atoms with Gasteiger partial charge < -0.3 is 0 Å². The third-order valence-electron chi connectivity index (χ3n) is 3.85. The van der Waals surface area contributed by atoms with Crippen LogP contribution in [-0.4, -0.2) is 12.6 Å². The minimum absolute atomic E-state index is 0.657. The summed E-state index contributed by atoms with van der Waals surface area (Å²) >= 11 is 0. The van der Waals surface area contributed by atoms with Crippen LogP contribution >= 0.6 is 0 Å². The highest BCUT2D eigenvalue weighted by atomic mass is 16.1. The Labute approximate surface area is 132 Å². The number of hydrogen-bond donors (Lipinski definition) is 0. The van der Waals surface area contributed by atoms with Crippen LogP contribution in [0.2, 0.25) is 0 Å². The van der Waals surface area contributed by atoms with Gasteiger partial charge in [-0.1, -0.05) is 76.9 Å². The largest absolute Gasteiger partial charge is 0.234 e. The van der Waals surface area contributed by atoms with Gasteiger partial charge in [-0.3, -0.25) is 0 Å². The van der Waals surface area contributed by atoms with Crippen LogP contribution < -0.4 is 0 Å². The second-order valence-corrected chi connectivity index (χ2v) is 5.91. The average Bonchev–Trinajstić information content (AvgIpc) is 2.50. The van der Waals surface area contributed by atoms with Gasteiger partial charge in [0, 0.05) is 0 Å². The number of allylic oxidation sites excluding steroid dienone is 2. The summed E-state index contributed by atoms with van der Waals surface area (Å²) in [5.41, 5.74) is 0. The molecule has 0 aliphatic heterocycles. The molecule has 0 bridgehead atoms. The fraction of sp³-hybridized carbons (Fsp3) is 0.842. The molecule has 122 valence electrons. The van der Waals surface area contributed by atoms with Gasteiger partial charge >= 0.3 is 0 Å². The van der Waals surface area contributed by atoms with Crippen molar-refractivity contribution in [3.8, 4) is 0 Å². The van der Waals surface area contributed by atoms with Gasteiger partial charge in [-0.2, -0.15) is 0 Å². The Morgan fingerprint density at radius 2 is 1.19 bits per heavy atom. The third kappa shape index (κ3) is 19.1. The van der Waals surface area contributed by atoms with E-state index in [9.17, 15) is 4.79 Å². The Hall–Kier alpha value is -0.880. The van der Waals surface area contributed by atoms with Crippen LogP contribution in [0.4, 0.5) is 0 Å².